The largest absolute Gasteiger partial charge is 0.298 e. The number of carbonyl (C=O) groups is 1. The molecule has 1 heterocycles. The SMILES string of the molecule is C=C(Cl)C(c1ccccc1)S(=O)(=O)n1cc(C=O)c2ccccc21. The summed E-state index contributed by atoms with van der Waals surface area (Å²) in [6, 6.07) is 15.5. The summed E-state index contributed by atoms with van der Waals surface area (Å²) >= 11 is 6.05. The standard InChI is InChI=1S/C18H14ClNO3S/c1-13(19)18(14-7-3-2-4-8-14)24(22,23)20-11-15(12-21)16-9-5-6-10-17(16)20/h2-12,18H,1H2. The van der Waals surface area contributed by atoms with Crippen molar-refractivity contribution in [3.8, 4) is 0 Å². The van der Waals surface area contributed by atoms with Crippen molar-refractivity contribution in [2.75, 3.05) is 0 Å². The zero-order chi connectivity index (χ0) is 17.3. The van der Waals surface area contributed by atoms with Crippen molar-refractivity contribution < 1.29 is 13.2 Å². The van der Waals surface area contributed by atoms with Crippen LogP contribution in [0.25, 0.3) is 10.9 Å². The Bertz CT molecular complexity index is 1020. The van der Waals surface area contributed by atoms with E-state index in [2.05, 4.69) is 6.58 Å². The molecular formula is C18H14ClNO3S. The van der Waals surface area contributed by atoms with Crippen molar-refractivity contribution in [1.82, 2.24) is 3.97 Å². The zero-order valence-corrected chi connectivity index (χ0v) is 14.2. The molecule has 0 N–H and O–H groups in total. The van der Waals surface area contributed by atoms with Gasteiger partial charge in [-0.3, -0.25) is 4.79 Å². The molecule has 0 saturated heterocycles. The average Bonchev–Trinajstić information content (AvgIpc) is 2.95. The molecule has 6 heteroatoms. The molecular weight excluding hydrogens is 346 g/mol. The van der Waals surface area contributed by atoms with Gasteiger partial charge in [0.05, 0.1) is 5.52 Å². The van der Waals surface area contributed by atoms with Crippen molar-refractivity contribution in [3.63, 3.8) is 0 Å². The zero-order valence-electron chi connectivity index (χ0n) is 12.6. The number of aldehydes is 1. The van der Waals surface area contributed by atoms with Gasteiger partial charge in [-0.15, -0.1) is 0 Å². The van der Waals surface area contributed by atoms with Gasteiger partial charge >= 0.3 is 0 Å². The Morgan fingerprint density at radius 2 is 1.71 bits per heavy atom. The topological polar surface area (TPSA) is 56.1 Å². The molecule has 0 aliphatic rings. The molecule has 0 fully saturated rings. The first-order valence-corrected chi connectivity index (χ1v) is 9.04. The third-order valence-corrected chi connectivity index (χ3v) is 6.15. The van der Waals surface area contributed by atoms with Gasteiger partial charge in [-0.25, -0.2) is 12.4 Å². The number of hydrogen-bond donors (Lipinski definition) is 0. The number of benzene rings is 2. The number of para-hydroxylation sites is 1. The molecule has 1 aromatic heterocycles. The van der Waals surface area contributed by atoms with E-state index < -0.39 is 15.3 Å². The van der Waals surface area contributed by atoms with Crippen molar-refractivity contribution >= 4 is 38.8 Å². The maximum atomic E-state index is 13.2. The Morgan fingerprint density at radius 1 is 1.08 bits per heavy atom. The van der Waals surface area contributed by atoms with Gasteiger partial charge in [0, 0.05) is 22.2 Å². The lowest BCUT2D eigenvalue weighted by atomic mass is 10.1. The van der Waals surface area contributed by atoms with Gasteiger partial charge in [0.15, 0.2) is 6.29 Å². The van der Waals surface area contributed by atoms with E-state index in [4.69, 9.17) is 11.6 Å². The number of fused-ring (bicyclic) bond motifs is 1. The summed E-state index contributed by atoms with van der Waals surface area (Å²) in [4.78, 5) is 11.3. The smallest absolute Gasteiger partial charge is 0.251 e. The van der Waals surface area contributed by atoms with E-state index in [9.17, 15) is 13.2 Å². The number of aromatic nitrogens is 1. The highest BCUT2D eigenvalue weighted by Gasteiger charge is 2.32. The highest BCUT2D eigenvalue weighted by atomic mass is 35.5. The lowest BCUT2D eigenvalue weighted by Crippen LogP contribution is -2.20. The second-order valence-electron chi connectivity index (χ2n) is 5.30. The number of halogens is 1. The Balaban J connectivity index is 2.27. The van der Waals surface area contributed by atoms with Gasteiger partial charge in [0.2, 0.25) is 0 Å². The molecule has 2 aromatic carbocycles. The fraction of sp³-hybridized carbons (Fsp3) is 0.0556. The van der Waals surface area contributed by atoms with Crippen LogP contribution in [0, 0.1) is 0 Å². The van der Waals surface area contributed by atoms with E-state index in [1.54, 1.807) is 54.6 Å². The molecule has 3 rings (SSSR count). The Hall–Kier alpha value is -2.37. The first-order valence-electron chi connectivity index (χ1n) is 7.15. The van der Waals surface area contributed by atoms with E-state index in [1.165, 1.54) is 6.20 Å². The minimum Gasteiger partial charge on any atom is -0.298 e. The van der Waals surface area contributed by atoms with Gasteiger partial charge in [-0.05, 0) is 11.6 Å². The van der Waals surface area contributed by atoms with Crippen LogP contribution in [0.5, 0.6) is 0 Å². The van der Waals surface area contributed by atoms with Gasteiger partial charge in [0.25, 0.3) is 10.0 Å². The summed E-state index contributed by atoms with van der Waals surface area (Å²) in [5.41, 5.74) is 1.25. The van der Waals surface area contributed by atoms with E-state index in [0.717, 1.165) is 3.97 Å². The summed E-state index contributed by atoms with van der Waals surface area (Å²) in [6.45, 7) is 3.63. The lowest BCUT2D eigenvalue weighted by Gasteiger charge is -2.18. The first-order chi connectivity index (χ1) is 11.5. The lowest BCUT2D eigenvalue weighted by molar-refractivity contribution is 0.112. The molecule has 0 amide bonds. The summed E-state index contributed by atoms with van der Waals surface area (Å²) in [5.74, 6) is 0. The second kappa shape index (κ2) is 6.26. The number of hydrogen-bond acceptors (Lipinski definition) is 3. The maximum absolute atomic E-state index is 13.2. The van der Waals surface area contributed by atoms with Gasteiger partial charge < -0.3 is 0 Å². The van der Waals surface area contributed by atoms with Crippen LogP contribution in [0.4, 0.5) is 0 Å². The van der Waals surface area contributed by atoms with Crippen molar-refractivity contribution in [2.24, 2.45) is 0 Å². The van der Waals surface area contributed by atoms with Crippen LogP contribution in [0.2, 0.25) is 0 Å². The number of rotatable bonds is 5. The fourth-order valence-electron chi connectivity index (χ4n) is 2.74. The quantitative estimate of drug-likeness (QED) is 0.644. The predicted molar refractivity (Wildman–Crippen MR) is 95.8 cm³/mol. The molecule has 4 nitrogen and oxygen atoms in total. The Morgan fingerprint density at radius 3 is 2.33 bits per heavy atom. The Labute approximate surface area is 145 Å². The van der Waals surface area contributed by atoms with Crippen molar-refractivity contribution in [1.29, 1.82) is 0 Å². The van der Waals surface area contributed by atoms with Gasteiger partial charge in [0.1, 0.15) is 5.25 Å². The molecule has 24 heavy (non-hydrogen) atoms. The normalized spacial score (nSPS) is 12.9. The summed E-state index contributed by atoms with van der Waals surface area (Å²) in [6.07, 6.45) is 1.96. The van der Waals surface area contributed by atoms with Gasteiger partial charge in [-0.2, -0.15) is 0 Å². The minimum absolute atomic E-state index is 0.00775. The van der Waals surface area contributed by atoms with Crippen LogP contribution in [0.1, 0.15) is 21.2 Å². The molecule has 0 radical (unpaired) electrons. The first kappa shape index (κ1) is 16.5. The Kier molecular flexibility index (Phi) is 4.30. The third-order valence-electron chi connectivity index (χ3n) is 3.79. The highest BCUT2D eigenvalue weighted by molar-refractivity contribution is 7.90. The fourth-order valence-corrected chi connectivity index (χ4v) is 4.94. The average molecular weight is 360 g/mol. The number of nitrogens with zero attached hydrogens (tertiary/aromatic N) is 1. The van der Waals surface area contributed by atoms with E-state index in [0.29, 0.717) is 28.3 Å². The number of carbonyl (C=O) groups excluding carboxylic acids is 1. The van der Waals surface area contributed by atoms with Crippen LogP contribution < -0.4 is 0 Å². The van der Waals surface area contributed by atoms with Crippen LogP contribution in [0.15, 0.2) is 72.4 Å². The molecule has 0 aliphatic carbocycles. The second-order valence-corrected chi connectivity index (χ2v) is 7.68. The summed E-state index contributed by atoms with van der Waals surface area (Å²) in [7, 11) is -3.94. The van der Waals surface area contributed by atoms with E-state index in [-0.39, 0.29) is 5.03 Å². The van der Waals surface area contributed by atoms with Crippen molar-refractivity contribution in [2.45, 2.75) is 5.25 Å². The third kappa shape index (κ3) is 2.66. The summed E-state index contributed by atoms with van der Waals surface area (Å²) in [5, 5.41) is -0.551. The van der Waals surface area contributed by atoms with Crippen molar-refractivity contribution in [3.05, 3.63) is 83.5 Å². The molecule has 1 atom stereocenters. The van der Waals surface area contributed by atoms with Crippen LogP contribution in [-0.2, 0) is 10.0 Å². The van der Waals surface area contributed by atoms with E-state index >= 15 is 0 Å². The van der Waals surface area contributed by atoms with E-state index in [1.807, 2.05) is 0 Å². The van der Waals surface area contributed by atoms with Crippen LogP contribution in [-0.4, -0.2) is 18.7 Å². The molecule has 0 saturated carbocycles. The summed E-state index contributed by atoms with van der Waals surface area (Å²) < 4.78 is 27.5. The minimum atomic E-state index is -3.94. The monoisotopic (exact) mass is 359 g/mol. The van der Waals surface area contributed by atoms with Crippen LogP contribution >= 0.6 is 11.6 Å². The maximum Gasteiger partial charge on any atom is 0.251 e. The molecule has 1 unspecified atom stereocenters. The van der Waals surface area contributed by atoms with Crippen LogP contribution in [0.3, 0.4) is 0 Å². The predicted octanol–water partition coefficient (Wildman–Crippen LogP) is 4.13. The molecule has 3 aromatic rings. The molecule has 0 bridgehead atoms. The molecule has 0 spiro atoms. The highest BCUT2D eigenvalue weighted by Crippen LogP contribution is 2.35. The molecule has 0 aliphatic heterocycles. The molecule has 122 valence electrons. The van der Waals surface area contributed by atoms with Gasteiger partial charge in [-0.1, -0.05) is 66.7 Å².